The van der Waals surface area contributed by atoms with Crippen molar-refractivity contribution in [2.24, 2.45) is 0 Å². The molecule has 0 aromatic carbocycles. The Morgan fingerprint density at radius 1 is 1.21 bits per heavy atom. The Hall–Kier alpha value is -1.16. The van der Waals surface area contributed by atoms with Crippen LogP contribution in [0.1, 0.15) is 46.3 Å². The van der Waals surface area contributed by atoms with Crippen molar-refractivity contribution in [1.82, 2.24) is 14.5 Å². The number of nitrogens with zero attached hydrogens (tertiary/aromatic N) is 2. The SMILES string of the molecule is CCCCS(=O)(=O)N1CCN(CCNC(=O)c2sc3c(c2OC)CCC3)CC1. The summed E-state index contributed by atoms with van der Waals surface area (Å²) < 4.78 is 31.6. The van der Waals surface area contributed by atoms with E-state index in [2.05, 4.69) is 10.2 Å². The Balaban J connectivity index is 1.44. The topological polar surface area (TPSA) is 79.0 Å². The number of unbranched alkanes of at least 4 members (excludes halogenated alkanes) is 1. The van der Waals surface area contributed by atoms with Crippen molar-refractivity contribution < 1.29 is 17.9 Å². The largest absolute Gasteiger partial charge is 0.495 e. The number of hydrogen-bond acceptors (Lipinski definition) is 6. The van der Waals surface area contributed by atoms with E-state index in [-0.39, 0.29) is 11.7 Å². The molecule has 0 radical (unpaired) electrons. The second-order valence-electron chi connectivity index (χ2n) is 7.39. The van der Waals surface area contributed by atoms with E-state index in [1.54, 1.807) is 22.8 Å². The number of piperazine rings is 1. The van der Waals surface area contributed by atoms with E-state index >= 15 is 0 Å². The third kappa shape index (κ3) is 4.87. The first-order valence-corrected chi connectivity index (χ1v) is 12.6. The summed E-state index contributed by atoms with van der Waals surface area (Å²) in [4.78, 5) is 16.7. The maximum Gasteiger partial charge on any atom is 0.265 e. The van der Waals surface area contributed by atoms with Crippen molar-refractivity contribution >= 4 is 27.3 Å². The van der Waals surface area contributed by atoms with E-state index in [0.717, 1.165) is 38.0 Å². The van der Waals surface area contributed by atoms with Crippen LogP contribution in [0, 0.1) is 0 Å². The van der Waals surface area contributed by atoms with Gasteiger partial charge in [-0.3, -0.25) is 9.69 Å². The normalized spacial score (nSPS) is 18.2. The molecule has 158 valence electrons. The zero-order valence-corrected chi connectivity index (χ0v) is 18.5. The first kappa shape index (κ1) is 21.5. The molecule has 1 N–H and O–H groups in total. The number of aryl methyl sites for hydroxylation is 1. The number of hydrogen-bond donors (Lipinski definition) is 1. The Morgan fingerprint density at radius 2 is 1.96 bits per heavy atom. The van der Waals surface area contributed by atoms with E-state index in [0.29, 0.717) is 44.0 Å². The summed E-state index contributed by atoms with van der Waals surface area (Å²) in [5.74, 6) is 0.921. The van der Waals surface area contributed by atoms with Gasteiger partial charge in [-0.25, -0.2) is 8.42 Å². The van der Waals surface area contributed by atoms with Gasteiger partial charge in [0.2, 0.25) is 10.0 Å². The first-order valence-electron chi connectivity index (χ1n) is 10.1. The molecule has 0 bridgehead atoms. The number of thiophene rings is 1. The molecule has 1 saturated heterocycles. The molecule has 28 heavy (non-hydrogen) atoms. The Morgan fingerprint density at radius 3 is 2.64 bits per heavy atom. The molecule has 1 aromatic rings. The van der Waals surface area contributed by atoms with Gasteiger partial charge in [-0.1, -0.05) is 13.3 Å². The van der Waals surface area contributed by atoms with Gasteiger partial charge < -0.3 is 10.1 Å². The molecule has 7 nitrogen and oxygen atoms in total. The summed E-state index contributed by atoms with van der Waals surface area (Å²) in [6.45, 7) is 5.75. The van der Waals surface area contributed by atoms with Gasteiger partial charge in [0.1, 0.15) is 10.6 Å². The van der Waals surface area contributed by atoms with Crippen LogP contribution in [-0.2, 0) is 22.9 Å². The lowest BCUT2D eigenvalue weighted by molar-refractivity contribution is 0.0946. The second kappa shape index (κ2) is 9.56. The maximum absolute atomic E-state index is 12.6. The number of fused-ring (bicyclic) bond motifs is 1. The lowest BCUT2D eigenvalue weighted by Crippen LogP contribution is -2.50. The smallest absolute Gasteiger partial charge is 0.265 e. The Kier molecular flexibility index (Phi) is 7.36. The summed E-state index contributed by atoms with van der Waals surface area (Å²) in [6, 6.07) is 0. The van der Waals surface area contributed by atoms with E-state index in [9.17, 15) is 13.2 Å². The van der Waals surface area contributed by atoms with E-state index < -0.39 is 10.0 Å². The molecule has 1 fully saturated rings. The number of carbonyl (C=O) groups excluding carboxylic acids is 1. The number of sulfonamides is 1. The molecule has 1 aromatic heterocycles. The summed E-state index contributed by atoms with van der Waals surface area (Å²) in [7, 11) is -1.49. The average Bonchev–Trinajstić information content (AvgIpc) is 3.27. The highest BCUT2D eigenvalue weighted by Gasteiger charge is 2.28. The number of rotatable bonds is 9. The number of ether oxygens (including phenoxy) is 1. The summed E-state index contributed by atoms with van der Waals surface area (Å²) in [5.41, 5.74) is 1.21. The molecule has 3 rings (SSSR count). The number of amides is 1. The zero-order chi connectivity index (χ0) is 20.1. The van der Waals surface area contributed by atoms with Crippen molar-refractivity contribution in [3.63, 3.8) is 0 Å². The Labute approximate surface area is 172 Å². The van der Waals surface area contributed by atoms with Gasteiger partial charge in [-0.05, 0) is 25.7 Å². The van der Waals surface area contributed by atoms with Crippen LogP contribution in [0.5, 0.6) is 5.75 Å². The van der Waals surface area contributed by atoms with Gasteiger partial charge in [-0.15, -0.1) is 11.3 Å². The van der Waals surface area contributed by atoms with Crippen molar-refractivity contribution in [3.05, 3.63) is 15.3 Å². The summed E-state index contributed by atoms with van der Waals surface area (Å²) >= 11 is 1.55. The number of nitrogens with one attached hydrogen (secondary N) is 1. The van der Waals surface area contributed by atoms with Gasteiger partial charge >= 0.3 is 0 Å². The highest BCUT2D eigenvalue weighted by Crippen LogP contribution is 2.40. The van der Waals surface area contributed by atoms with Crippen LogP contribution in [0.25, 0.3) is 0 Å². The maximum atomic E-state index is 12.6. The second-order valence-corrected chi connectivity index (χ2v) is 10.6. The fourth-order valence-corrected chi connectivity index (χ4v) is 6.74. The van der Waals surface area contributed by atoms with E-state index in [1.807, 2.05) is 6.92 Å². The van der Waals surface area contributed by atoms with Gasteiger partial charge in [0, 0.05) is 49.7 Å². The molecule has 2 aliphatic rings. The molecule has 2 heterocycles. The van der Waals surface area contributed by atoms with Crippen molar-refractivity contribution in [2.75, 3.05) is 52.1 Å². The molecule has 0 unspecified atom stereocenters. The summed E-state index contributed by atoms with van der Waals surface area (Å²) in [5, 5.41) is 3.00. The molecule has 0 spiro atoms. The number of methoxy groups -OCH3 is 1. The zero-order valence-electron chi connectivity index (χ0n) is 16.8. The van der Waals surface area contributed by atoms with Gasteiger partial charge in [-0.2, -0.15) is 4.31 Å². The van der Waals surface area contributed by atoms with Crippen LogP contribution >= 0.6 is 11.3 Å². The first-order chi connectivity index (χ1) is 13.5. The highest BCUT2D eigenvalue weighted by molar-refractivity contribution is 7.89. The molecule has 0 atom stereocenters. The molecule has 1 aliphatic carbocycles. The van der Waals surface area contributed by atoms with E-state index in [4.69, 9.17) is 4.74 Å². The summed E-state index contributed by atoms with van der Waals surface area (Å²) in [6.07, 6.45) is 4.77. The van der Waals surface area contributed by atoms with Crippen molar-refractivity contribution in [2.45, 2.75) is 39.0 Å². The lowest BCUT2D eigenvalue weighted by atomic mass is 10.2. The fraction of sp³-hybridized carbons (Fsp3) is 0.737. The predicted molar refractivity (Wildman–Crippen MR) is 112 cm³/mol. The van der Waals surface area contributed by atoms with Gasteiger partial charge in [0.05, 0.1) is 12.9 Å². The molecular weight excluding hydrogens is 398 g/mol. The van der Waals surface area contributed by atoms with Crippen LogP contribution < -0.4 is 10.1 Å². The van der Waals surface area contributed by atoms with Crippen LogP contribution in [-0.4, -0.2) is 75.7 Å². The lowest BCUT2D eigenvalue weighted by Gasteiger charge is -2.34. The molecule has 9 heteroatoms. The van der Waals surface area contributed by atoms with Gasteiger partial charge in [0.25, 0.3) is 5.91 Å². The standard InChI is InChI=1S/C19H31N3O4S2/c1-3-4-14-28(24,25)22-12-10-21(11-13-22)9-8-20-19(23)18-17(26-2)15-6-5-7-16(15)27-18/h3-14H2,1-2H3,(H,20,23). The third-order valence-corrected chi connectivity index (χ3v) is 8.71. The minimum absolute atomic E-state index is 0.0722. The molecule has 1 amide bonds. The monoisotopic (exact) mass is 429 g/mol. The third-order valence-electron chi connectivity index (χ3n) is 5.48. The van der Waals surface area contributed by atoms with Gasteiger partial charge in [0.15, 0.2) is 0 Å². The molecule has 0 saturated carbocycles. The highest BCUT2D eigenvalue weighted by atomic mass is 32.2. The van der Waals surface area contributed by atoms with Crippen LogP contribution in [0.2, 0.25) is 0 Å². The minimum Gasteiger partial charge on any atom is -0.495 e. The minimum atomic E-state index is -3.12. The van der Waals surface area contributed by atoms with Crippen molar-refractivity contribution in [3.8, 4) is 5.75 Å². The fourth-order valence-electron chi connectivity index (χ4n) is 3.84. The number of carbonyl (C=O) groups is 1. The molecule has 1 aliphatic heterocycles. The quantitative estimate of drug-likeness (QED) is 0.647. The van der Waals surface area contributed by atoms with Crippen LogP contribution in [0.4, 0.5) is 0 Å². The van der Waals surface area contributed by atoms with Crippen LogP contribution in [0.3, 0.4) is 0 Å². The van der Waals surface area contributed by atoms with Crippen molar-refractivity contribution in [1.29, 1.82) is 0 Å². The van der Waals surface area contributed by atoms with E-state index in [1.165, 1.54) is 10.4 Å². The molecular formula is C19H31N3O4S2. The predicted octanol–water partition coefficient (Wildman–Crippen LogP) is 1.72. The Bertz CT molecular complexity index is 783. The van der Waals surface area contributed by atoms with Crippen LogP contribution in [0.15, 0.2) is 0 Å². The average molecular weight is 430 g/mol.